The summed E-state index contributed by atoms with van der Waals surface area (Å²) in [5, 5.41) is 9.62. The van der Waals surface area contributed by atoms with E-state index in [9.17, 15) is 9.90 Å². The molecule has 0 radical (unpaired) electrons. The van der Waals surface area contributed by atoms with Crippen LogP contribution in [0, 0.1) is 6.92 Å². The number of hydrogen-bond donors (Lipinski definition) is 1. The Labute approximate surface area is 110 Å². The molecule has 0 amide bonds. The Balaban J connectivity index is 2.42. The second kappa shape index (κ2) is 5.48. The number of aromatic nitrogens is 2. The summed E-state index contributed by atoms with van der Waals surface area (Å²) >= 11 is 0. The zero-order valence-electron chi connectivity index (χ0n) is 10.8. The lowest BCUT2D eigenvalue weighted by Gasteiger charge is -2.04. The second-order valence-corrected chi connectivity index (χ2v) is 3.93. The van der Waals surface area contributed by atoms with Crippen LogP contribution in [0.2, 0.25) is 0 Å². The van der Waals surface area contributed by atoms with Crippen molar-refractivity contribution in [1.29, 1.82) is 0 Å². The highest BCUT2D eigenvalue weighted by Crippen LogP contribution is 2.14. The van der Waals surface area contributed by atoms with Crippen molar-refractivity contribution >= 4 is 23.1 Å². The van der Waals surface area contributed by atoms with Gasteiger partial charge in [0.1, 0.15) is 0 Å². The predicted octanol–water partition coefficient (Wildman–Crippen LogP) is 2.40. The van der Waals surface area contributed by atoms with E-state index in [-0.39, 0.29) is 6.61 Å². The first-order valence-electron chi connectivity index (χ1n) is 5.93. The molecule has 0 aliphatic rings. The van der Waals surface area contributed by atoms with Gasteiger partial charge in [0.25, 0.3) is 0 Å². The monoisotopic (exact) mass is 258 g/mol. The molecule has 5 heteroatoms. The molecule has 1 heterocycles. The van der Waals surface area contributed by atoms with Gasteiger partial charge in [-0.15, -0.1) is 0 Å². The van der Waals surface area contributed by atoms with Crippen LogP contribution in [0.3, 0.4) is 0 Å². The van der Waals surface area contributed by atoms with Crippen molar-refractivity contribution in [2.24, 2.45) is 0 Å². The van der Waals surface area contributed by atoms with E-state index < -0.39 is 11.7 Å². The Morgan fingerprint density at radius 3 is 2.58 bits per heavy atom. The van der Waals surface area contributed by atoms with E-state index in [2.05, 4.69) is 9.97 Å². The number of para-hydroxylation sites is 2. The molecule has 0 saturated carbocycles. The fourth-order valence-electron chi connectivity index (χ4n) is 1.63. The Bertz CT molecular complexity index is 650. The van der Waals surface area contributed by atoms with Gasteiger partial charge in [0.05, 0.1) is 29.0 Å². The van der Waals surface area contributed by atoms with E-state index >= 15 is 0 Å². The molecule has 5 nitrogen and oxygen atoms in total. The summed E-state index contributed by atoms with van der Waals surface area (Å²) in [6.07, 6.45) is 1.27. The molecular weight excluding hydrogens is 244 g/mol. The lowest BCUT2D eigenvalue weighted by atomic mass is 10.2. The van der Waals surface area contributed by atoms with Crippen LogP contribution in [0.25, 0.3) is 17.1 Å². The second-order valence-electron chi connectivity index (χ2n) is 3.93. The SMILES string of the molecule is CCOC(=O)C(O)=Cc1nc2ccccc2nc1C. The van der Waals surface area contributed by atoms with Gasteiger partial charge in [-0.05, 0) is 26.0 Å². The maximum atomic E-state index is 11.3. The standard InChI is InChI=1S/C14H14N2O3/c1-3-19-14(18)13(17)8-12-9(2)15-10-6-4-5-7-11(10)16-12/h4-8,17H,3H2,1-2H3. The van der Waals surface area contributed by atoms with Crippen LogP contribution in [-0.4, -0.2) is 27.7 Å². The highest BCUT2D eigenvalue weighted by molar-refractivity contribution is 5.91. The highest BCUT2D eigenvalue weighted by atomic mass is 16.5. The van der Waals surface area contributed by atoms with Crippen molar-refractivity contribution in [1.82, 2.24) is 9.97 Å². The van der Waals surface area contributed by atoms with Gasteiger partial charge >= 0.3 is 5.97 Å². The van der Waals surface area contributed by atoms with Crippen LogP contribution < -0.4 is 0 Å². The quantitative estimate of drug-likeness (QED) is 0.520. The fourth-order valence-corrected chi connectivity index (χ4v) is 1.63. The largest absolute Gasteiger partial charge is 0.502 e. The molecule has 98 valence electrons. The minimum atomic E-state index is -0.767. The average Bonchev–Trinajstić information content (AvgIpc) is 2.39. The molecule has 0 aliphatic heterocycles. The topological polar surface area (TPSA) is 72.3 Å². The molecule has 0 bridgehead atoms. The summed E-state index contributed by atoms with van der Waals surface area (Å²) in [6, 6.07) is 7.40. The molecule has 0 aliphatic carbocycles. The van der Waals surface area contributed by atoms with Gasteiger partial charge in [-0.1, -0.05) is 12.1 Å². The normalized spacial score (nSPS) is 11.6. The predicted molar refractivity (Wildman–Crippen MR) is 71.5 cm³/mol. The van der Waals surface area contributed by atoms with Crippen molar-refractivity contribution in [3.05, 3.63) is 41.4 Å². The number of aryl methyl sites for hydroxylation is 1. The number of carbonyl (C=O) groups is 1. The van der Waals surface area contributed by atoms with Crippen molar-refractivity contribution in [3.63, 3.8) is 0 Å². The third kappa shape index (κ3) is 2.88. The molecule has 0 spiro atoms. The summed E-state index contributed by atoms with van der Waals surface area (Å²) in [7, 11) is 0. The maximum absolute atomic E-state index is 11.3. The van der Waals surface area contributed by atoms with E-state index in [1.54, 1.807) is 13.8 Å². The van der Waals surface area contributed by atoms with E-state index in [0.717, 1.165) is 5.52 Å². The number of ether oxygens (including phenoxy) is 1. The Morgan fingerprint density at radius 1 is 1.32 bits per heavy atom. The summed E-state index contributed by atoms with van der Waals surface area (Å²) < 4.78 is 4.70. The molecule has 0 atom stereocenters. The van der Waals surface area contributed by atoms with E-state index in [4.69, 9.17) is 4.74 Å². The van der Waals surface area contributed by atoms with Gasteiger partial charge in [0.2, 0.25) is 5.76 Å². The molecule has 0 fully saturated rings. The first-order chi connectivity index (χ1) is 9.11. The number of aliphatic hydroxyl groups is 1. The lowest BCUT2D eigenvalue weighted by Crippen LogP contribution is -2.07. The van der Waals surface area contributed by atoms with E-state index in [1.807, 2.05) is 24.3 Å². The average molecular weight is 258 g/mol. The number of esters is 1. The van der Waals surface area contributed by atoms with Gasteiger partial charge in [-0.3, -0.25) is 0 Å². The molecule has 2 rings (SSSR count). The van der Waals surface area contributed by atoms with Crippen LogP contribution in [0.15, 0.2) is 30.0 Å². The Kier molecular flexibility index (Phi) is 3.75. The molecular formula is C14H14N2O3. The summed E-state index contributed by atoms with van der Waals surface area (Å²) in [5.41, 5.74) is 2.56. The van der Waals surface area contributed by atoms with E-state index in [0.29, 0.717) is 16.9 Å². The maximum Gasteiger partial charge on any atom is 0.373 e. The Morgan fingerprint density at radius 2 is 1.95 bits per heavy atom. The molecule has 1 aromatic heterocycles. The zero-order valence-corrected chi connectivity index (χ0v) is 10.8. The first kappa shape index (κ1) is 13.0. The molecule has 1 N–H and O–H groups in total. The number of hydrogen-bond acceptors (Lipinski definition) is 5. The molecule has 0 unspecified atom stereocenters. The van der Waals surface area contributed by atoms with Crippen LogP contribution >= 0.6 is 0 Å². The summed E-state index contributed by atoms with van der Waals surface area (Å²) in [5.74, 6) is -1.24. The number of nitrogens with zero attached hydrogens (tertiary/aromatic N) is 2. The van der Waals surface area contributed by atoms with E-state index in [1.165, 1.54) is 6.08 Å². The Hall–Kier alpha value is -2.43. The third-order valence-electron chi connectivity index (χ3n) is 2.54. The van der Waals surface area contributed by atoms with Crippen LogP contribution in [0.5, 0.6) is 0 Å². The van der Waals surface area contributed by atoms with Gasteiger partial charge < -0.3 is 9.84 Å². The molecule has 0 saturated heterocycles. The van der Waals surface area contributed by atoms with Crippen LogP contribution in [-0.2, 0) is 9.53 Å². The van der Waals surface area contributed by atoms with Crippen LogP contribution in [0.1, 0.15) is 18.3 Å². The number of benzene rings is 1. The highest BCUT2D eigenvalue weighted by Gasteiger charge is 2.10. The number of fused-ring (bicyclic) bond motifs is 1. The zero-order chi connectivity index (χ0) is 13.8. The summed E-state index contributed by atoms with van der Waals surface area (Å²) in [4.78, 5) is 20.0. The number of aliphatic hydroxyl groups excluding tert-OH is 1. The minimum absolute atomic E-state index is 0.207. The summed E-state index contributed by atoms with van der Waals surface area (Å²) in [6.45, 7) is 3.65. The molecule has 2 aromatic rings. The smallest absolute Gasteiger partial charge is 0.373 e. The van der Waals surface area contributed by atoms with Crippen molar-refractivity contribution in [2.75, 3.05) is 6.61 Å². The van der Waals surface area contributed by atoms with Gasteiger partial charge in [-0.25, -0.2) is 14.8 Å². The first-order valence-corrected chi connectivity index (χ1v) is 5.93. The number of carbonyl (C=O) groups excluding carboxylic acids is 1. The molecule has 19 heavy (non-hydrogen) atoms. The van der Waals surface area contributed by atoms with Gasteiger partial charge in [-0.2, -0.15) is 0 Å². The fraction of sp³-hybridized carbons (Fsp3) is 0.214. The van der Waals surface area contributed by atoms with Gasteiger partial charge in [0.15, 0.2) is 0 Å². The van der Waals surface area contributed by atoms with Crippen LogP contribution in [0.4, 0.5) is 0 Å². The third-order valence-corrected chi connectivity index (χ3v) is 2.54. The van der Waals surface area contributed by atoms with Crippen molar-refractivity contribution in [3.8, 4) is 0 Å². The minimum Gasteiger partial charge on any atom is -0.502 e. The van der Waals surface area contributed by atoms with Gasteiger partial charge in [0, 0.05) is 6.08 Å². The molecule has 1 aromatic carbocycles. The lowest BCUT2D eigenvalue weighted by molar-refractivity contribution is -0.141. The number of rotatable bonds is 3. The van der Waals surface area contributed by atoms with Crippen molar-refractivity contribution < 1.29 is 14.6 Å². The van der Waals surface area contributed by atoms with Crippen molar-refractivity contribution in [2.45, 2.75) is 13.8 Å².